The Morgan fingerprint density at radius 2 is 2.38 bits per heavy atom. The number of ether oxygens (including phenoxy) is 1. The van der Waals surface area contributed by atoms with E-state index in [9.17, 15) is 13.2 Å². The number of aromatic nitrogens is 1. The zero-order valence-electron chi connectivity index (χ0n) is 11.4. The number of nitrogens with zero attached hydrogens (tertiary/aromatic N) is 2. The van der Waals surface area contributed by atoms with E-state index in [-0.39, 0.29) is 23.4 Å². The van der Waals surface area contributed by atoms with Gasteiger partial charge in [-0.2, -0.15) is 16.1 Å². The van der Waals surface area contributed by atoms with Gasteiger partial charge in [-0.1, -0.05) is 0 Å². The van der Waals surface area contributed by atoms with Gasteiger partial charge in [0.2, 0.25) is 0 Å². The van der Waals surface area contributed by atoms with E-state index in [1.54, 1.807) is 11.8 Å². The van der Waals surface area contributed by atoms with E-state index in [1.165, 1.54) is 16.9 Å². The number of rotatable bonds is 7. The van der Waals surface area contributed by atoms with Crippen LogP contribution in [0.5, 0.6) is 0 Å². The number of thiazole rings is 1. The molecule has 1 aliphatic rings. The monoisotopic (exact) mass is 352 g/mol. The van der Waals surface area contributed by atoms with Gasteiger partial charge in [0.15, 0.2) is 9.90 Å². The highest BCUT2D eigenvalue weighted by Gasteiger charge is 2.37. The second-order valence-electron chi connectivity index (χ2n) is 4.42. The number of aromatic carboxylic acids is 1. The number of carboxylic acids is 1. The SMILES string of the molecule is COCCN(C1CCSC1)S(=O)(=O)c1scnc1C(=O)O. The summed E-state index contributed by atoms with van der Waals surface area (Å²) >= 11 is 2.53. The van der Waals surface area contributed by atoms with Crippen LogP contribution in [-0.2, 0) is 14.8 Å². The molecule has 0 bridgehead atoms. The lowest BCUT2D eigenvalue weighted by atomic mass is 10.3. The van der Waals surface area contributed by atoms with Crippen LogP contribution < -0.4 is 0 Å². The first-order valence-electron chi connectivity index (χ1n) is 6.23. The Hall–Kier alpha value is -0.680. The predicted molar refractivity (Wildman–Crippen MR) is 80.6 cm³/mol. The van der Waals surface area contributed by atoms with Crippen molar-refractivity contribution >= 4 is 39.1 Å². The van der Waals surface area contributed by atoms with E-state index < -0.39 is 21.7 Å². The van der Waals surface area contributed by atoms with Crippen LogP contribution in [0, 0.1) is 0 Å². The van der Waals surface area contributed by atoms with Gasteiger partial charge in [-0.3, -0.25) is 0 Å². The molecule has 1 atom stereocenters. The molecule has 7 nitrogen and oxygen atoms in total. The number of hydrogen-bond acceptors (Lipinski definition) is 7. The van der Waals surface area contributed by atoms with Gasteiger partial charge in [-0.05, 0) is 12.2 Å². The normalized spacial score (nSPS) is 19.2. The second-order valence-corrected chi connectivity index (χ2v) is 8.51. The fourth-order valence-electron chi connectivity index (χ4n) is 2.10. The van der Waals surface area contributed by atoms with Gasteiger partial charge < -0.3 is 9.84 Å². The van der Waals surface area contributed by atoms with Crippen LogP contribution in [0.3, 0.4) is 0 Å². The van der Waals surface area contributed by atoms with Gasteiger partial charge in [0.05, 0.1) is 12.1 Å². The van der Waals surface area contributed by atoms with Crippen LogP contribution in [0.25, 0.3) is 0 Å². The van der Waals surface area contributed by atoms with Crippen molar-refractivity contribution in [2.24, 2.45) is 0 Å². The van der Waals surface area contributed by atoms with Crippen LogP contribution in [-0.4, -0.2) is 66.6 Å². The maximum absolute atomic E-state index is 12.8. The Morgan fingerprint density at radius 1 is 1.62 bits per heavy atom. The van der Waals surface area contributed by atoms with Crippen LogP contribution >= 0.6 is 23.1 Å². The number of thioether (sulfide) groups is 1. The lowest BCUT2D eigenvalue weighted by Gasteiger charge is -2.26. The predicted octanol–water partition coefficient (Wildman–Crippen LogP) is 0.984. The highest BCUT2D eigenvalue weighted by atomic mass is 32.2. The molecule has 0 aromatic carbocycles. The molecule has 118 valence electrons. The van der Waals surface area contributed by atoms with Gasteiger partial charge in [0, 0.05) is 25.4 Å². The first kappa shape index (κ1) is 16.7. The zero-order chi connectivity index (χ0) is 15.5. The second kappa shape index (κ2) is 7.05. The Balaban J connectivity index is 2.36. The minimum Gasteiger partial charge on any atom is -0.476 e. The summed E-state index contributed by atoms with van der Waals surface area (Å²) < 4.78 is 31.7. The van der Waals surface area contributed by atoms with E-state index >= 15 is 0 Å². The molecule has 0 spiro atoms. The molecule has 1 aliphatic heterocycles. The molecule has 0 saturated carbocycles. The van der Waals surface area contributed by atoms with Crippen molar-refractivity contribution < 1.29 is 23.1 Å². The third-order valence-electron chi connectivity index (χ3n) is 3.11. The standard InChI is InChI=1S/C11H16N2O5S3/c1-18-4-3-13(8-2-5-19-6-8)21(16,17)11-9(10(14)15)12-7-20-11/h7-8H,2-6H2,1H3,(H,14,15). The molecule has 0 aliphatic carbocycles. The average Bonchev–Trinajstić information content (AvgIpc) is 3.10. The Bertz CT molecular complexity index is 595. The molecule has 0 amide bonds. The zero-order valence-corrected chi connectivity index (χ0v) is 13.8. The molecule has 2 rings (SSSR count). The fourth-order valence-corrected chi connectivity index (χ4v) is 6.31. The summed E-state index contributed by atoms with van der Waals surface area (Å²) in [5.74, 6) is 0.282. The van der Waals surface area contributed by atoms with E-state index in [0.717, 1.165) is 23.5 Å². The number of hydrogen-bond donors (Lipinski definition) is 1. The molecule has 10 heteroatoms. The highest BCUT2D eigenvalue weighted by Crippen LogP contribution is 2.30. The Morgan fingerprint density at radius 3 is 2.95 bits per heavy atom. The largest absolute Gasteiger partial charge is 0.476 e. The average molecular weight is 352 g/mol. The first-order valence-corrected chi connectivity index (χ1v) is 9.71. The van der Waals surface area contributed by atoms with E-state index in [1.807, 2.05) is 0 Å². The van der Waals surface area contributed by atoms with Crippen molar-refractivity contribution in [3.8, 4) is 0 Å². The van der Waals surface area contributed by atoms with Crippen molar-refractivity contribution in [1.82, 2.24) is 9.29 Å². The van der Waals surface area contributed by atoms with Crippen LogP contribution in [0.4, 0.5) is 0 Å². The smallest absolute Gasteiger partial charge is 0.356 e. The van der Waals surface area contributed by atoms with E-state index in [2.05, 4.69) is 4.98 Å². The molecule has 1 N–H and O–H groups in total. The maximum atomic E-state index is 12.8. The van der Waals surface area contributed by atoms with Crippen LogP contribution in [0.15, 0.2) is 9.72 Å². The van der Waals surface area contributed by atoms with Crippen molar-refractivity contribution in [2.75, 3.05) is 31.8 Å². The van der Waals surface area contributed by atoms with E-state index in [4.69, 9.17) is 9.84 Å². The molecular weight excluding hydrogens is 336 g/mol. The lowest BCUT2D eigenvalue weighted by Crippen LogP contribution is -2.42. The summed E-state index contributed by atoms with van der Waals surface area (Å²) in [5.41, 5.74) is 0.835. The van der Waals surface area contributed by atoms with Crippen LogP contribution in [0.2, 0.25) is 0 Å². The van der Waals surface area contributed by atoms with Gasteiger partial charge in [-0.25, -0.2) is 18.2 Å². The molecule has 1 unspecified atom stereocenters. The number of sulfonamides is 1. The maximum Gasteiger partial charge on any atom is 0.356 e. The van der Waals surface area contributed by atoms with Gasteiger partial charge in [-0.15, -0.1) is 11.3 Å². The number of carboxylic acid groups (broad SMARTS) is 1. The van der Waals surface area contributed by atoms with E-state index in [0.29, 0.717) is 5.75 Å². The van der Waals surface area contributed by atoms with Crippen molar-refractivity contribution in [3.63, 3.8) is 0 Å². The molecular formula is C11H16N2O5S3. The number of carbonyl (C=O) groups is 1. The minimum absolute atomic E-state index is 0.126. The van der Waals surface area contributed by atoms with Crippen molar-refractivity contribution in [2.45, 2.75) is 16.7 Å². The summed E-state index contributed by atoms with van der Waals surface area (Å²) in [5, 5.41) is 9.07. The topological polar surface area (TPSA) is 96.8 Å². The van der Waals surface area contributed by atoms with Crippen molar-refractivity contribution in [1.29, 1.82) is 0 Å². The summed E-state index contributed by atoms with van der Waals surface area (Å²) in [7, 11) is -2.37. The Labute approximate surface area is 131 Å². The third-order valence-corrected chi connectivity index (χ3v) is 7.55. The molecule has 1 aromatic rings. The molecule has 1 aromatic heterocycles. The summed E-state index contributed by atoms with van der Waals surface area (Å²) in [6, 6.07) is -0.126. The fraction of sp³-hybridized carbons (Fsp3) is 0.636. The first-order chi connectivity index (χ1) is 9.98. The molecule has 1 fully saturated rings. The minimum atomic E-state index is -3.87. The third kappa shape index (κ3) is 3.57. The lowest BCUT2D eigenvalue weighted by molar-refractivity contribution is 0.0687. The number of methoxy groups -OCH3 is 1. The molecule has 1 saturated heterocycles. The van der Waals surface area contributed by atoms with Gasteiger partial charge in [0.25, 0.3) is 10.0 Å². The van der Waals surface area contributed by atoms with Gasteiger partial charge >= 0.3 is 5.97 Å². The molecule has 21 heavy (non-hydrogen) atoms. The van der Waals surface area contributed by atoms with Crippen LogP contribution in [0.1, 0.15) is 16.9 Å². The highest BCUT2D eigenvalue weighted by molar-refractivity contribution is 7.99. The van der Waals surface area contributed by atoms with Gasteiger partial charge in [0.1, 0.15) is 0 Å². The quantitative estimate of drug-likeness (QED) is 0.781. The molecule has 2 heterocycles. The summed E-state index contributed by atoms with van der Waals surface area (Å²) in [6.07, 6.45) is 0.759. The summed E-state index contributed by atoms with van der Waals surface area (Å²) in [6.45, 7) is 0.475. The Kier molecular flexibility index (Phi) is 5.60. The van der Waals surface area contributed by atoms with Crippen molar-refractivity contribution in [3.05, 3.63) is 11.2 Å². The molecule has 0 radical (unpaired) electrons. The summed E-state index contributed by atoms with van der Waals surface area (Å²) in [4.78, 5) is 14.8.